The van der Waals surface area contributed by atoms with E-state index in [0.717, 1.165) is 25.7 Å². The second-order valence-corrected chi connectivity index (χ2v) is 11.6. The van der Waals surface area contributed by atoms with E-state index in [1.807, 2.05) is 20.8 Å². The molecule has 182 valence electrons. The Morgan fingerprint density at radius 2 is 1.73 bits per heavy atom. The predicted molar refractivity (Wildman–Crippen MR) is 128 cm³/mol. The topological polar surface area (TPSA) is 46.6 Å². The van der Waals surface area contributed by atoms with E-state index >= 15 is 0 Å². The zero-order chi connectivity index (χ0) is 24.4. The molecule has 0 aliphatic heterocycles. The Kier molecular flexibility index (Phi) is 7.88. The van der Waals surface area contributed by atoms with Crippen LogP contribution in [0.25, 0.3) is 0 Å². The summed E-state index contributed by atoms with van der Waals surface area (Å²) in [4.78, 5) is 29.1. The molecule has 2 aliphatic rings. The third kappa shape index (κ3) is 6.56. The lowest BCUT2D eigenvalue weighted by atomic mass is 9.81. The molecule has 2 aliphatic carbocycles. The van der Waals surface area contributed by atoms with Gasteiger partial charge in [-0.2, -0.15) is 0 Å². The number of esters is 1. The molecule has 4 nitrogen and oxygen atoms in total. The van der Waals surface area contributed by atoms with Crippen molar-refractivity contribution in [3.05, 3.63) is 15.8 Å². The molecule has 0 aromatic carbocycles. The normalized spacial score (nSPS) is 23.4. The van der Waals surface area contributed by atoms with Gasteiger partial charge in [-0.1, -0.05) is 18.8 Å². The number of halogens is 2. The van der Waals surface area contributed by atoms with E-state index in [2.05, 4.69) is 18.8 Å². The molecule has 2 fully saturated rings. The molecule has 2 saturated carbocycles. The van der Waals surface area contributed by atoms with Crippen LogP contribution < -0.4 is 4.90 Å². The van der Waals surface area contributed by atoms with Crippen LogP contribution in [0.1, 0.15) is 93.6 Å². The van der Waals surface area contributed by atoms with Crippen LogP contribution in [0.4, 0.5) is 14.5 Å². The van der Waals surface area contributed by atoms with E-state index in [-0.39, 0.29) is 49.0 Å². The van der Waals surface area contributed by atoms with Gasteiger partial charge in [0.2, 0.25) is 11.8 Å². The second kappa shape index (κ2) is 10.1. The van der Waals surface area contributed by atoms with E-state index in [0.29, 0.717) is 21.4 Å². The van der Waals surface area contributed by atoms with Gasteiger partial charge in [0, 0.05) is 30.2 Å². The highest BCUT2D eigenvalue weighted by atomic mass is 32.1. The molecule has 1 heterocycles. The van der Waals surface area contributed by atoms with Crippen molar-refractivity contribution in [3.63, 3.8) is 0 Å². The largest absolute Gasteiger partial charge is 0.465 e. The monoisotopic (exact) mass is 479 g/mol. The van der Waals surface area contributed by atoms with Crippen LogP contribution in [0.15, 0.2) is 6.07 Å². The van der Waals surface area contributed by atoms with Crippen molar-refractivity contribution < 1.29 is 23.1 Å². The van der Waals surface area contributed by atoms with Gasteiger partial charge in [0.05, 0.1) is 17.7 Å². The summed E-state index contributed by atoms with van der Waals surface area (Å²) in [5.74, 6) is 3.43. The van der Waals surface area contributed by atoms with Gasteiger partial charge in [-0.25, -0.2) is 13.6 Å². The minimum Gasteiger partial charge on any atom is -0.465 e. The van der Waals surface area contributed by atoms with Crippen molar-refractivity contribution >= 4 is 28.9 Å². The average Bonchev–Trinajstić information content (AvgIpc) is 3.17. The Labute approximate surface area is 200 Å². The molecule has 0 atom stereocenters. The molecule has 33 heavy (non-hydrogen) atoms. The predicted octanol–water partition coefficient (Wildman–Crippen LogP) is 6.67. The first-order valence-corrected chi connectivity index (χ1v) is 12.7. The van der Waals surface area contributed by atoms with Crippen molar-refractivity contribution in [1.29, 1.82) is 0 Å². The maximum absolute atomic E-state index is 13.9. The number of anilines is 1. The minimum absolute atomic E-state index is 0.0598. The molecule has 1 aromatic rings. The maximum atomic E-state index is 13.9. The molecule has 0 unspecified atom stereocenters. The van der Waals surface area contributed by atoms with Crippen LogP contribution in [0.3, 0.4) is 0 Å². The van der Waals surface area contributed by atoms with Gasteiger partial charge in [-0.15, -0.1) is 11.3 Å². The van der Waals surface area contributed by atoms with E-state index in [1.165, 1.54) is 18.4 Å². The summed E-state index contributed by atoms with van der Waals surface area (Å²) in [5.41, 5.74) is 0.239. The van der Waals surface area contributed by atoms with Crippen molar-refractivity contribution in [1.82, 2.24) is 0 Å². The second-order valence-electron chi connectivity index (χ2n) is 10.6. The molecule has 7 heteroatoms. The van der Waals surface area contributed by atoms with Gasteiger partial charge < -0.3 is 9.64 Å². The highest BCUT2D eigenvalue weighted by molar-refractivity contribution is 7.15. The van der Waals surface area contributed by atoms with E-state index in [4.69, 9.17) is 4.74 Å². The number of ether oxygens (including phenoxy) is 1. The Hall–Kier alpha value is -1.94. The van der Waals surface area contributed by atoms with Crippen molar-refractivity contribution in [2.45, 2.75) is 91.0 Å². The Morgan fingerprint density at radius 1 is 1.12 bits per heavy atom. The number of nitrogens with zero attached hydrogens (tertiary/aromatic N) is 1. The Bertz CT molecular complexity index is 920. The number of hydrogen-bond acceptors (Lipinski definition) is 4. The van der Waals surface area contributed by atoms with E-state index < -0.39 is 11.9 Å². The summed E-state index contributed by atoms with van der Waals surface area (Å²) in [6.07, 6.45) is 3.44. The number of thiophene rings is 1. The van der Waals surface area contributed by atoms with Gasteiger partial charge in [0.15, 0.2) is 0 Å². The fourth-order valence-corrected chi connectivity index (χ4v) is 5.51. The molecule has 1 amide bonds. The Balaban J connectivity index is 2.03. The minimum atomic E-state index is -2.70. The number of carbonyl (C=O) groups excluding carboxylic acids is 2. The fraction of sp³-hybridized carbons (Fsp3) is 0.692. The molecule has 1 aromatic heterocycles. The lowest BCUT2D eigenvalue weighted by molar-refractivity contribution is -0.124. The first-order chi connectivity index (χ1) is 15.4. The van der Waals surface area contributed by atoms with Crippen LogP contribution in [-0.2, 0) is 9.53 Å². The van der Waals surface area contributed by atoms with Crippen LogP contribution in [0.5, 0.6) is 0 Å². The smallest absolute Gasteiger partial charge is 0.350 e. The summed E-state index contributed by atoms with van der Waals surface area (Å²) in [7, 11) is 1.31. The van der Waals surface area contributed by atoms with E-state index in [1.54, 1.807) is 11.0 Å². The molecule has 0 saturated heterocycles. The maximum Gasteiger partial charge on any atom is 0.350 e. The third-order valence-corrected chi connectivity index (χ3v) is 7.58. The van der Waals surface area contributed by atoms with Crippen LogP contribution in [0.2, 0.25) is 0 Å². The summed E-state index contributed by atoms with van der Waals surface area (Å²) in [5, 5.41) is 0. The molecule has 0 radical (unpaired) electrons. The number of methoxy groups -OCH3 is 1. The van der Waals surface area contributed by atoms with Gasteiger partial charge in [0.1, 0.15) is 4.88 Å². The first-order valence-electron chi connectivity index (χ1n) is 11.9. The zero-order valence-corrected chi connectivity index (χ0v) is 21.1. The molecule has 0 N–H and O–H groups in total. The number of carbonyl (C=O) groups is 2. The van der Waals surface area contributed by atoms with Crippen molar-refractivity contribution in [2.75, 3.05) is 12.0 Å². The van der Waals surface area contributed by atoms with Crippen molar-refractivity contribution in [3.8, 4) is 11.8 Å². The molecular weight excluding hydrogens is 444 g/mol. The van der Waals surface area contributed by atoms with Crippen molar-refractivity contribution in [2.24, 2.45) is 17.3 Å². The number of amides is 1. The highest BCUT2D eigenvalue weighted by Gasteiger charge is 2.42. The molecule has 3 rings (SSSR count). The van der Waals surface area contributed by atoms with Crippen LogP contribution in [0, 0.1) is 29.1 Å². The number of hydrogen-bond donors (Lipinski definition) is 0. The van der Waals surface area contributed by atoms with Gasteiger partial charge in [0.25, 0.3) is 0 Å². The lowest BCUT2D eigenvalue weighted by Gasteiger charge is -2.39. The third-order valence-electron chi connectivity index (χ3n) is 6.56. The quantitative estimate of drug-likeness (QED) is 0.358. The Morgan fingerprint density at radius 3 is 2.27 bits per heavy atom. The number of rotatable bonds is 4. The molecule has 0 bridgehead atoms. The summed E-state index contributed by atoms with van der Waals surface area (Å²) >= 11 is 1.20. The summed E-state index contributed by atoms with van der Waals surface area (Å²) in [6.45, 7) is 8.18. The molecule has 0 spiro atoms. The molecular formula is C26H35F2NO3S. The SMILES string of the molecule is COC(=O)c1sc(C#CC(C)(C)C)cc1N(C(=O)[C@H]1CC[C@H](C)CC1)C1CCC(F)(F)CC1. The van der Waals surface area contributed by atoms with Gasteiger partial charge >= 0.3 is 5.97 Å². The summed E-state index contributed by atoms with van der Waals surface area (Å²) in [6, 6.07) is 1.41. The number of alkyl halides is 2. The van der Waals surface area contributed by atoms with Gasteiger partial charge in [-0.05, 0) is 71.3 Å². The van der Waals surface area contributed by atoms with Gasteiger partial charge in [-0.3, -0.25) is 4.79 Å². The lowest BCUT2D eigenvalue weighted by Crippen LogP contribution is -2.47. The van der Waals surface area contributed by atoms with Crippen LogP contribution >= 0.6 is 11.3 Å². The fourth-order valence-electron chi connectivity index (χ4n) is 4.59. The highest BCUT2D eigenvalue weighted by Crippen LogP contribution is 2.41. The standard InChI is InChI=1S/C26H35F2NO3S/c1-17-6-8-18(9-7-17)23(30)29(19-10-14-26(27,28)15-11-19)21-16-20(12-13-25(2,3)4)33-22(21)24(31)32-5/h16-19H,6-11,14-15H2,1-5H3/t17-,18-. The summed E-state index contributed by atoms with van der Waals surface area (Å²) < 4.78 is 32.9. The average molecular weight is 480 g/mol. The first kappa shape index (κ1) is 25.7. The van der Waals surface area contributed by atoms with E-state index in [9.17, 15) is 18.4 Å². The zero-order valence-electron chi connectivity index (χ0n) is 20.3. The van der Waals surface area contributed by atoms with Crippen LogP contribution in [-0.4, -0.2) is 31.0 Å².